The zero-order valence-electron chi connectivity index (χ0n) is 8.25. The molecule has 0 saturated heterocycles. The quantitative estimate of drug-likeness (QED) is 0.269. The van der Waals surface area contributed by atoms with Crippen molar-refractivity contribution in [1.29, 1.82) is 0 Å². The first-order valence-corrected chi connectivity index (χ1v) is 4.69. The molecule has 1 aromatic rings. The van der Waals surface area contributed by atoms with E-state index in [4.69, 9.17) is 16.3 Å². The Bertz CT molecular complexity index is 389. The number of nitro groups is 1. The second kappa shape index (κ2) is 5.32. The van der Waals surface area contributed by atoms with E-state index in [9.17, 15) is 14.9 Å². The third-order valence-electron chi connectivity index (χ3n) is 1.51. The Morgan fingerprint density at radius 1 is 1.44 bits per heavy atom. The number of ether oxygens (including phenoxy) is 2. The fraction of sp³-hybridized carbons (Fsp3) is 0.222. The SMILES string of the molecule is C[C@H](Cl)OC(=O)Oc1ccc([N+](=O)[O-])cc1. The van der Waals surface area contributed by atoms with E-state index < -0.39 is 16.6 Å². The summed E-state index contributed by atoms with van der Waals surface area (Å²) < 4.78 is 9.19. The molecule has 1 rings (SSSR count). The predicted molar refractivity (Wildman–Crippen MR) is 55.5 cm³/mol. The number of halogens is 1. The summed E-state index contributed by atoms with van der Waals surface area (Å²) in [5, 5.41) is 10.3. The van der Waals surface area contributed by atoms with Crippen LogP contribution in [0.3, 0.4) is 0 Å². The fourth-order valence-corrected chi connectivity index (χ4v) is 0.962. The highest BCUT2D eigenvalue weighted by molar-refractivity contribution is 6.19. The summed E-state index contributed by atoms with van der Waals surface area (Å²) in [6.07, 6.45) is -0.962. The summed E-state index contributed by atoms with van der Waals surface area (Å²) in [6.45, 7) is 1.46. The molecule has 0 spiro atoms. The molecule has 0 radical (unpaired) electrons. The lowest BCUT2D eigenvalue weighted by atomic mass is 10.3. The van der Waals surface area contributed by atoms with Gasteiger partial charge in [0.25, 0.3) is 5.69 Å². The van der Waals surface area contributed by atoms with Crippen LogP contribution in [-0.2, 0) is 4.74 Å². The van der Waals surface area contributed by atoms with Crippen LogP contribution < -0.4 is 4.74 Å². The summed E-state index contributed by atoms with van der Waals surface area (Å²) in [6, 6.07) is 5.01. The maximum absolute atomic E-state index is 11.0. The van der Waals surface area contributed by atoms with E-state index in [0.29, 0.717) is 0 Å². The van der Waals surface area contributed by atoms with E-state index in [2.05, 4.69) is 4.74 Å². The number of carbonyl (C=O) groups is 1. The van der Waals surface area contributed by atoms with Gasteiger partial charge in [-0.25, -0.2) is 4.79 Å². The Balaban J connectivity index is 2.62. The van der Waals surface area contributed by atoms with Gasteiger partial charge in [-0.2, -0.15) is 0 Å². The largest absolute Gasteiger partial charge is 0.515 e. The minimum absolute atomic E-state index is 0.0913. The van der Waals surface area contributed by atoms with Crippen molar-refractivity contribution in [2.24, 2.45) is 0 Å². The van der Waals surface area contributed by atoms with E-state index >= 15 is 0 Å². The Hall–Kier alpha value is -1.82. The van der Waals surface area contributed by atoms with Gasteiger partial charge in [0.1, 0.15) is 5.75 Å². The van der Waals surface area contributed by atoms with Gasteiger partial charge in [0.15, 0.2) is 5.56 Å². The number of non-ortho nitro benzene ring substituents is 1. The van der Waals surface area contributed by atoms with Crippen LogP contribution in [0.25, 0.3) is 0 Å². The molecule has 0 aliphatic carbocycles. The normalized spacial score (nSPS) is 11.6. The van der Waals surface area contributed by atoms with Gasteiger partial charge in [0, 0.05) is 12.1 Å². The van der Waals surface area contributed by atoms with Crippen molar-refractivity contribution in [1.82, 2.24) is 0 Å². The summed E-state index contributed by atoms with van der Waals surface area (Å²) in [5.74, 6) is 0.146. The standard InChI is InChI=1S/C9H8ClNO5/c1-6(10)15-9(12)16-8-4-2-7(3-5-8)11(13)14/h2-6H,1H3/t6-/m1/s1. The fourth-order valence-electron chi connectivity index (χ4n) is 0.889. The third-order valence-corrected chi connectivity index (χ3v) is 1.60. The molecule has 0 saturated carbocycles. The smallest absolute Gasteiger partial charge is 0.415 e. The lowest BCUT2D eigenvalue weighted by Crippen LogP contribution is -2.14. The van der Waals surface area contributed by atoms with Crippen LogP contribution in [0.5, 0.6) is 5.75 Å². The molecule has 0 aliphatic rings. The zero-order valence-corrected chi connectivity index (χ0v) is 9.01. The number of carbonyl (C=O) groups excluding carboxylic acids is 1. The molecule has 86 valence electrons. The number of nitrogens with zero attached hydrogens (tertiary/aromatic N) is 1. The molecule has 1 aromatic carbocycles. The van der Waals surface area contributed by atoms with Gasteiger partial charge in [0.05, 0.1) is 4.92 Å². The highest BCUT2D eigenvalue weighted by Crippen LogP contribution is 2.17. The Kier molecular flexibility index (Phi) is 4.07. The van der Waals surface area contributed by atoms with Gasteiger partial charge in [-0.1, -0.05) is 11.6 Å². The second-order valence-electron chi connectivity index (χ2n) is 2.76. The van der Waals surface area contributed by atoms with Crippen LogP contribution in [0.4, 0.5) is 10.5 Å². The highest BCUT2D eigenvalue weighted by Gasteiger charge is 2.10. The summed E-state index contributed by atoms with van der Waals surface area (Å²) in [7, 11) is 0. The zero-order chi connectivity index (χ0) is 12.1. The first-order chi connectivity index (χ1) is 7.49. The average Bonchev–Trinajstić information content (AvgIpc) is 2.16. The molecule has 0 heterocycles. The van der Waals surface area contributed by atoms with Gasteiger partial charge in [-0.15, -0.1) is 0 Å². The first kappa shape index (κ1) is 12.3. The van der Waals surface area contributed by atoms with Gasteiger partial charge in [-0.3, -0.25) is 10.1 Å². The van der Waals surface area contributed by atoms with E-state index in [1.807, 2.05) is 0 Å². The Morgan fingerprint density at radius 3 is 2.44 bits per heavy atom. The summed E-state index contributed by atoms with van der Waals surface area (Å²) in [5.41, 5.74) is -0.892. The number of alkyl halides is 1. The molecule has 0 N–H and O–H groups in total. The third kappa shape index (κ3) is 3.74. The van der Waals surface area contributed by atoms with Crippen LogP contribution in [0.2, 0.25) is 0 Å². The van der Waals surface area contributed by atoms with E-state index in [1.165, 1.54) is 31.2 Å². The van der Waals surface area contributed by atoms with Crippen molar-refractivity contribution in [3.8, 4) is 5.75 Å². The molecule has 7 heteroatoms. The van der Waals surface area contributed by atoms with Crippen molar-refractivity contribution in [2.75, 3.05) is 0 Å². The van der Waals surface area contributed by atoms with Crippen LogP contribution >= 0.6 is 11.6 Å². The minimum Gasteiger partial charge on any atom is -0.415 e. The number of hydrogen-bond donors (Lipinski definition) is 0. The van der Waals surface area contributed by atoms with Crippen molar-refractivity contribution in [2.45, 2.75) is 12.5 Å². The van der Waals surface area contributed by atoms with Crippen molar-refractivity contribution >= 4 is 23.4 Å². The van der Waals surface area contributed by atoms with Crippen LogP contribution in [0.1, 0.15) is 6.92 Å². The summed E-state index contributed by atoms with van der Waals surface area (Å²) >= 11 is 5.39. The van der Waals surface area contributed by atoms with Gasteiger partial charge in [-0.05, 0) is 19.1 Å². The minimum atomic E-state index is -0.962. The predicted octanol–water partition coefficient (Wildman–Crippen LogP) is 2.70. The number of nitro benzene ring substituents is 1. The van der Waals surface area contributed by atoms with E-state index in [0.717, 1.165) is 0 Å². The van der Waals surface area contributed by atoms with E-state index in [1.54, 1.807) is 0 Å². The Morgan fingerprint density at radius 2 is 2.00 bits per heavy atom. The molecule has 0 aliphatic heterocycles. The second-order valence-corrected chi connectivity index (χ2v) is 3.38. The molecule has 1 atom stereocenters. The van der Waals surface area contributed by atoms with Crippen LogP contribution in [0, 0.1) is 10.1 Å². The molecule has 16 heavy (non-hydrogen) atoms. The molecule has 0 fully saturated rings. The van der Waals surface area contributed by atoms with Gasteiger partial charge >= 0.3 is 6.16 Å². The van der Waals surface area contributed by atoms with Gasteiger partial charge < -0.3 is 9.47 Å². The number of benzene rings is 1. The molecular formula is C9H8ClNO5. The van der Waals surface area contributed by atoms with Crippen molar-refractivity contribution < 1.29 is 19.2 Å². The first-order valence-electron chi connectivity index (χ1n) is 4.26. The number of rotatable bonds is 3. The lowest BCUT2D eigenvalue weighted by Gasteiger charge is -2.06. The maximum Gasteiger partial charge on any atom is 0.515 e. The van der Waals surface area contributed by atoms with Crippen LogP contribution in [0.15, 0.2) is 24.3 Å². The van der Waals surface area contributed by atoms with Crippen molar-refractivity contribution in [3.63, 3.8) is 0 Å². The highest BCUT2D eigenvalue weighted by atomic mass is 35.5. The molecule has 0 unspecified atom stereocenters. The van der Waals surface area contributed by atoms with Crippen LogP contribution in [-0.4, -0.2) is 16.6 Å². The lowest BCUT2D eigenvalue weighted by molar-refractivity contribution is -0.384. The molecule has 0 amide bonds. The average molecular weight is 246 g/mol. The molecule has 0 aromatic heterocycles. The van der Waals surface area contributed by atoms with E-state index in [-0.39, 0.29) is 11.4 Å². The monoisotopic (exact) mass is 245 g/mol. The van der Waals surface area contributed by atoms with Gasteiger partial charge in [0.2, 0.25) is 0 Å². The molecule has 0 bridgehead atoms. The Labute approximate surface area is 95.9 Å². The molecule has 6 nitrogen and oxygen atoms in total. The molecular weight excluding hydrogens is 238 g/mol. The maximum atomic E-state index is 11.0. The van der Waals surface area contributed by atoms with Crippen molar-refractivity contribution in [3.05, 3.63) is 34.4 Å². The number of hydrogen-bond acceptors (Lipinski definition) is 5. The summed E-state index contributed by atoms with van der Waals surface area (Å²) in [4.78, 5) is 20.8. The topological polar surface area (TPSA) is 78.7 Å².